The van der Waals surface area contributed by atoms with Crippen molar-refractivity contribution in [2.45, 2.75) is 19.5 Å². The molecule has 1 N–H and O–H groups in total. The lowest BCUT2D eigenvalue weighted by atomic mass is 10.2. The molecule has 1 atom stereocenters. The summed E-state index contributed by atoms with van der Waals surface area (Å²) in [5.41, 5.74) is 1.16. The fourth-order valence-electron chi connectivity index (χ4n) is 1.77. The van der Waals surface area contributed by atoms with E-state index < -0.39 is 0 Å². The van der Waals surface area contributed by atoms with E-state index in [1.165, 1.54) is 4.88 Å². The molecule has 1 unspecified atom stereocenters. The molecule has 0 bridgehead atoms. The molecule has 0 spiro atoms. The second-order valence-electron chi connectivity index (χ2n) is 4.06. The molecule has 96 valence electrons. The average molecular weight is 282 g/mol. The van der Waals surface area contributed by atoms with E-state index in [2.05, 4.69) is 24.4 Å². The van der Waals surface area contributed by atoms with Crippen molar-refractivity contribution in [3.8, 4) is 5.75 Å². The van der Waals surface area contributed by atoms with Crippen LogP contribution in [0.3, 0.4) is 0 Å². The smallest absolute Gasteiger partial charge is 0.123 e. The predicted octanol–water partition coefficient (Wildman–Crippen LogP) is 4.26. The second-order valence-corrected chi connectivity index (χ2v) is 5.80. The number of rotatable bonds is 5. The first-order chi connectivity index (χ1) is 8.70. The Morgan fingerprint density at radius 2 is 2.06 bits per heavy atom. The van der Waals surface area contributed by atoms with Crippen molar-refractivity contribution in [1.29, 1.82) is 0 Å². The minimum absolute atomic E-state index is 0.285. The van der Waals surface area contributed by atoms with E-state index in [1.807, 2.05) is 24.3 Å². The van der Waals surface area contributed by atoms with Crippen molar-refractivity contribution in [3.05, 3.63) is 51.2 Å². The van der Waals surface area contributed by atoms with Crippen LogP contribution in [-0.4, -0.2) is 7.11 Å². The molecule has 2 nitrogen and oxygen atoms in total. The monoisotopic (exact) mass is 281 g/mol. The number of para-hydroxylation sites is 1. The van der Waals surface area contributed by atoms with Crippen molar-refractivity contribution >= 4 is 22.9 Å². The van der Waals surface area contributed by atoms with Gasteiger partial charge in [-0.1, -0.05) is 29.8 Å². The molecule has 0 saturated carbocycles. The summed E-state index contributed by atoms with van der Waals surface area (Å²) in [6.45, 7) is 2.91. The van der Waals surface area contributed by atoms with E-state index >= 15 is 0 Å². The number of hydrogen-bond acceptors (Lipinski definition) is 3. The molecule has 0 aliphatic carbocycles. The summed E-state index contributed by atoms with van der Waals surface area (Å²) in [4.78, 5) is 1.25. The first-order valence-electron chi connectivity index (χ1n) is 5.81. The summed E-state index contributed by atoms with van der Waals surface area (Å²) in [5, 5.41) is 3.48. The third-order valence-corrected chi connectivity index (χ3v) is 4.23. The van der Waals surface area contributed by atoms with Gasteiger partial charge in [0.25, 0.3) is 0 Å². The molecule has 1 aromatic heterocycles. The molecule has 0 amide bonds. The summed E-state index contributed by atoms with van der Waals surface area (Å²) in [6, 6.07) is 12.3. The number of halogens is 1. The lowest BCUT2D eigenvalue weighted by Crippen LogP contribution is -2.17. The maximum Gasteiger partial charge on any atom is 0.123 e. The van der Waals surface area contributed by atoms with Gasteiger partial charge in [0, 0.05) is 23.0 Å². The summed E-state index contributed by atoms with van der Waals surface area (Å²) in [7, 11) is 1.70. The highest BCUT2D eigenvalue weighted by Crippen LogP contribution is 2.27. The highest BCUT2D eigenvalue weighted by molar-refractivity contribution is 7.16. The van der Waals surface area contributed by atoms with Crippen LogP contribution in [0.4, 0.5) is 0 Å². The number of methoxy groups -OCH3 is 1. The third kappa shape index (κ3) is 3.25. The van der Waals surface area contributed by atoms with Gasteiger partial charge in [-0.05, 0) is 25.1 Å². The molecule has 0 aliphatic rings. The summed E-state index contributed by atoms with van der Waals surface area (Å²) in [6.07, 6.45) is 0. The van der Waals surface area contributed by atoms with Crippen LogP contribution in [-0.2, 0) is 6.54 Å². The Morgan fingerprint density at radius 3 is 2.72 bits per heavy atom. The molecular formula is C14H16ClNOS. The normalized spacial score (nSPS) is 12.4. The van der Waals surface area contributed by atoms with Gasteiger partial charge in [-0.2, -0.15) is 0 Å². The lowest BCUT2D eigenvalue weighted by molar-refractivity contribution is 0.406. The Bertz CT molecular complexity index is 512. The highest BCUT2D eigenvalue weighted by Gasteiger charge is 2.09. The van der Waals surface area contributed by atoms with Crippen LogP contribution in [0.2, 0.25) is 4.34 Å². The third-order valence-electron chi connectivity index (χ3n) is 2.81. The Hall–Kier alpha value is -1.03. The van der Waals surface area contributed by atoms with Gasteiger partial charge in [0.05, 0.1) is 11.4 Å². The molecule has 18 heavy (non-hydrogen) atoms. The first kappa shape index (κ1) is 13.4. The van der Waals surface area contributed by atoms with Crippen LogP contribution in [0, 0.1) is 0 Å². The van der Waals surface area contributed by atoms with Gasteiger partial charge in [-0.25, -0.2) is 0 Å². The molecular weight excluding hydrogens is 266 g/mol. The maximum absolute atomic E-state index is 5.94. The first-order valence-corrected chi connectivity index (χ1v) is 7.00. The number of benzene rings is 1. The Balaban J connectivity index is 1.99. The van der Waals surface area contributed by atoms with Crippen LogP contribution in [0.25, 0.3) is 0 Å². The minimum Gasteiger partial charge on any atom is -0.496 e. The summed E-state index contributed by atoms with van der Waals surface area (Å²) >= 11 is 7.55. The van der Waals surface area contributed by atoms with Gasteiger partial charge in [0.1, 0.15) is 5.75 Å². The van der Waals surface area contributed by atoms with Gasteiger partial charge in [0.2, 0.25) is 0 Å². The molecule has 1 aromatic carbocycles. The highest BCUT2D eigenvalue weighted by atomic mass is 35.5. The van der Waals surface area contributed by atoms with Crippen molar-refractivity contribution in [2.24, 2.45) is 0 Å². The van der Waals surface area contributed by atoms with Gasteiger partial charge in [0.15, 0.2) is 0 Å². The zero-order chi connectivity index (χ0) is 13.0. The topological polar surface area (TPSA) is 21.3 Å². The van der Waals surface area contributed by atoms with Crippen molar-refractivity contribution in [1.82, 2.24) is 5.32 Å². The van der Waals surface area contributed by atoms with E-state index in [0.29, 0.717) is 0 Å². The fourth-order valence-corrected chi connectivity index (χ4v) is 2.86. The van der Waals surface area contributed by atoms with Crippen LogP contribution in [0.1, 0.15) is 23.4 Å². The molecule has 0 radical (unpaired) electrons. The zero-order valence-corrected chi connectivity index (χ0v) is 12.0. The van der Waals surface area contributed by atoms with Crippen LogP contribution < -0.4 is 10.1 Å². The van der Waals surface area contributed by atoms with Gasteiger partial charge < -0.3 is 10.1 Å². The number of nitrogens with one attached hydrogen (secondary N) is 1. The van der Waals surface area contributed by atoms with E-state index in [4.69, 9.17) is 16.3 Å². The van der Waals surface area contributed by atoms with Crippen LogP contribution in [0.5, 0.6) is 5.75 Å². The molecule has 0 aliphatic heterocycles. The van der Waals surface area contributed by atoms with Crippen molar-refractivity contribution in [3.63, 3.8) is 0 Å². The van der Waals surface area contributed by atoms with Crippen molar-refractivity contribution < 1.29 is 4.74 Å². The molecule has 2 rings (SSSR count). The Morgan fingerprint density at radius 1 is 1.28 bits per heavy atom. The second kappa shape index (κ2) is 6.23. The molecule has 2 aromatic rings. The number of thiophene rings is 1. The van der Waals surface area contributed by atoms with Gasteiger partial charge in [-0.15, -0.1) is 11.3 Å². The molecule has 0 saturated heterocycles. The Labute approximate surface area is 117 Å². The van der Waals surface area contributed by atoms with E-state index in [-0.39, 0.29) is 6.04 Å². The molecule has 4 heteroatoms. The SMILES string of the molecule is COc1ccccc1CNC(C)c1ccc(Cl)s1. The lowest BCUT2D eigenvalue weighted by Gasteiger charge is -2.14. The largest absolute Gasteiger partial charge is 0.496 e. The number of ether oxygens (including phenoxy) is 1. The van der Waals surface area contributed by atoms with Gasteiger partial charge >= 0.3 is 0 Å². The molecule has 0 fully saturated rings. The average Bonchev–Trinajstić information content (AvgIpc) is 2.83. The van der Waals surface area contributed by atoms with Crippen molar-refractivity contribution in [2.75, 3.05) is 7.11 Å². The van der Waals surface area contributed by atoms with E-state index in [0.717, 1.165) is 22.2 Å². The zero-order valence-electron chi connectivity index (χ0n) is 10.4. The summed E-state index contributed by atoms with van der Waals surface area (Å²) < 4.78 is 6.16. The maximum atomic E-state index is 5.94. The fraction of sp³-hybridized carbons (Fsp3) is 0.286. The standard InChI is InChI=1S/C14H16ClNOS/c1-10(13-7-8-14(15)18-13)16-9-11-5-3-4-6-12(11)17-2/h3-8,10,16H,9H2,1-2H3. The minimum atomic E-state index is 0.285. The van der Waals surface area contributed by atoms with Crippen LogP contribution >= 0.6 is 22.9 Å². The number of hydrogen-bond donors (Lipinski definition) is 1. The quantitative estimate of drug-likeness (QED) is 0.884. The summed E-state index contributed by atoms with van der Waals surface area (Å²) in [5.74, 6) is 0.918. The Kier molecular flexibility index (Phi) is 4.64. The van der Waals surface area contributed by atoms with Gasteiger partial charge in [-0.3, -0.25) is 0 Å². The predicted molar refractivity (Wildman–Crippen MR) is 77.6 cm³/mol. The van der Waals surface area contributed by atoms with Crippen LogP contribution in [0.15, 0.2) is 36.4 Å². The van der Waals surface area contributed by atoms with E-state index in [1.54, 1.807) is 18.4 Å². The van der Waals surface area contributed by atoms with E-state index in [9.17, 15) is 0 Å². The molecule has 1 heterocycles.